The summed E-state index contributed by atoms with van der Waals surface area (Å²) >= 11 is 0. The van der Waals surface area contributed by atoms with Crippen LogP contribution in [0, 0.1) is 0 Å². The van der Waals surface area contributed by atoms with Crippen LogP contribution in [0.15, 0.2) is 12.2 Å². The molecule has 0 aromatic rings. The van der Waals surface area contributed by atoms with Crippen LogP contribution in [0.5, 0.6) is 0 Å². The molecule has 0 amide bonds. The van der Waals surface area contributed by atoms with Gasteiger partial charge in [0.25, 0.3) is 0 Å². The minimum Gasteiger partial charge on any atom is -0.167 e. The second kappa shape index (κ2) is 4.11. The molecule has 5 heteroatoms. The fraction of sp³-hybridized carbons (Fsp3) is 0. The monoisotopic (exact) mass is 180 g/mol. The summed E-state index contributed by atoms with van der Waals surface area (Å²) in [4.78, 5) is 0. The van der Waals surface area contributed by atoms with Crippen LogP contribution in [0.4, 0.5) is 17.6 Å². The van der Waals surface area contributed by atoms with Gasteiger partial charge in [-0.15, -0.1) is 17.0 Å². The van der Waals surface area contributed by atoms with Gasteiger partial charge in [-0.05, 0) is 0 Å². The van der Waals surface area contributed by atoms with Crippen LogP contribution in [0.2, 0.25) is 0 Å². The second-order valence-electron chi connectivity index (χ2n) is 0.521. The Morgan fingerprint density at radius 2 is 0.857 bits per heavy atom. The molecule has 0 spiro atoms. The van der Waals surface area contributed by atoms with Crippen LogP contribution in [0.1, 0.15) is 0 Å². The van der Waals surface area contributed by atoms with Gasteiger partial charge in [-0.3, -0.25) is 0 Å². The average Bonchev–Trinajstić information content (AvgIpc) is 1.36. The van der Waals surface area contributed by atoms with Crippen molar-refractivity contribution in [2.45, 2.75) is 0 Å². The Balaban J connectivity index is 0. The summed E-state index contributed by atoms with van der Waals surface area (Å²) in [6.07, 6.45) is -5.81. The third-order valence-electron chi connectivity index (χ3n) is 0.143. The van der Waals surface area contributed by atoms with Crippen molar-refractivity contribution in [2.24, 2.45) is 0 Å². The van der Waals surface area contributed by atoms with Crippen LogP contribution in [-0.4, -0.2) is 0 Å². The SMILES string of the molecule is Br.FC(F)=C(F)F. The van der Waals surface area contributed by atoms with Crippen molar-refractivity contribution in [3.05, 3.63) is 12.2 Å². The lowest BCUT2D eigenvalue weighted by Gasteiger charge is -1.69. The van der Waals surface area contributed by atoms with Gasteiger partial charge in [-0.1, -0.05) is 0 Å². The first-order valence-corrected chi connectivity index (χ1v) is 1.01. The topological polar surface area (TPSA) is 0 Å². The van der Waals surface area contributed by atoms with Crippen LogP contribution >= 0.6 is 17.0 Å². The predicted octanol–water partition coefficient (Wildman–Crippen LogP) is 2.57. The molecule has 7 heavy (non-hydrogen) atoms. The molecule has 0 saturated heterocycles. The zero-order chi connectivity index (χ0) is 5.15. The number of hydrogen-bond acceptors (Lipinski definition) is 0. The second-order valence-corrected chi connectivity index (χ2v) is 0.521. The Labute approximate surface area is 47.6 Å². The van der Waals surface area contributed by atoms with Crippen LogP contribution in [0.25, 0.3) is 0 Å². The molecule has 0 radical (unpaired) electrons. The highest BCUT2D eigenvalue weighted by molar-refractivity contribution is 8.93. The summed E-state index contributed by atoms with van der Waals surface area (Å²) in [5.41, 5.74) is 0. The highest BCUT2D eigenvalue weighted by Crippen LogP contribution is 2.08. The van der Waals surface area contributed by atoms with Crippen molar-refractivity contribution in [3.63, 3.8) is 0 Å². The maximum Gasteiger partial charge on any atom is 0.334 e. The van der Waals surface area contributed by atoms with Gasteiger partial charge in [0.1, 0.15) is 0 Å². The fourth-order valence-electron chi connectivity index (χ4n) is 0. The van der Waals surface area contributed by atoms with Crippen LogP contribution in [-0.2, 0) is 0 Å². The summed E-state index contributed by atoms with van der Waals surface area (Å²) < 4.78 is 41.1. The summed E-state index contributed by atoms with van der Waals surface area (Å²) in [6, 6.07) is 0. The lowest BCUT2D eigenvalue weighted by molar-refractivity contribution is 0.308. The zero-order valence-corrected chi connectivity index (χ0v) is 4.63. The Morgan fingerprint density at radius 3 is 0.857 bits per heavy atom. The summed E-state index contributed by atoms with van der Waals surface area (Å²) in [5, 5.41) is 0. The smallest absolute Gasteiger partial charge is 0.167 e. The van der Waals surface area contributed by atoms with Gasteiger partial charge >= 0.3 is 12.2 Å². The van der Waals surface area contributed by atoms with E-state index in [2.05, 4.69) is 0 Å². The normalized spacial score (nSPS) is 6.86. The highest BCUT2D eigenvalue weighted by Gasteiger charge is 1.98. The number of halogens is 5. The molecule has 0 aliphatic heterocycles. The zero-order valence-electron chi connectivity index (χ0n) is 2.92. The lowest BCUT2D eigenvalue weighted by Crippen LogP contribution is -1.56. The largest absolute Gasteiger partial charge is 0.334 e. The van der Waals surface area contributed by atoms with E-state index < -0.39 is 12.2 Å². The van der Waals surface area contributed by atoms with E-state index in [1.807, 2.05) is 0 Å². The number of rotatable bonds is 0. The molecular formula is C2HBrF4. The molecule has 0 aromatic heterocycles. The van der Waals surface area contributed by atoms with Gasteiger partial charge in [0.2, 0.25) is 0 Å². The van der Waals surface area contributed by atoms with Gasteiger partial charge in [0.05, 0.1) is 0 Å². The van der Waals surface area contributed by atoms with Crippen molar-refractivity contribution in [1.29, 1.82) is 0 Å². The van der Waals surface area contributed by atoms with E-state index >= 15 is 0 Å². The molecule has 0 aliphatic rings. The molecule has 0 atom stereocenters. The maximum atomic E-state index is 10.3. The molecule has 0 N–H and O–H groups in total. The van der Waals surface area contributed by atoms with E-state index in [4.69, 9.17) is 0 Å². The molecule has 0 fully saturated rings. The third-order valence-corrected chi connectivity index (χ3v) is 0.143. The van der Waals surface area contributed by atoms with E-state index in [1.54, 1.807) is 0 Å². The molecule has 0 aromatic carbocycles. The Morgan fingerprint density at radius 1 is 0.714 bits per heavy atom. The minimum absolute atomic E-state index is 0. The van der Waals surface area contributed by atoms with E-state index in [1.165, 1.54) is 0 Å². The molecule has 0 unspecified atom stereocenters. The Hall–Kier alpha value is -0.0600. The minimum atomic E-state index is -2.91. The maximum absolute atomic E-state index is 10.3. The molecule has 0 heterocycles. The summed E-state index contributed by atoms with van der Waals surface area (Å²) in [6.45, 7) is 0. The molecule has 44 valence electrons. The molecule has 0 saturated carbocycles. The van der Waals surface area contributed by atoms with Crippen molar-refractivity contribution < 1.29 is 17.6 Å². The quantitative estimate of drug-likeness (QED) is 0.503. The van der Waals surface area contributed by atoms with Gasteiger partial charge < -0.3 is 0 Å². The van der Waals surface area contributed by atoms with Crippen molar-refractivity contribution in [1.82, 2.24) is 0 Å². The molecular weight excluding hydrogens is 180 g/mol. The van der Waals surface area contributed by atoms with Crippen molar-refractivity contribution in [3.8, 4) is 0 Å². The summed E-state index contributed by atoms with van der Waals surface area (Å²) in [5.74, 6) is 0. The van der Waals surface area contributed by atoms with E-state index in [-0.39, 0.29) is 17.0 Å². The molecule has 0 nitrogen and oxygen atoms in total. The van der Waals surface area contributed by atoms with E-state index in [0.717, 1.165) is 0 Å². The first-order chi connectivity index (χ1) is 2.64. The van der Waals surface area contributed by atoms with Gasteiger partial charge in [-0.2, -0.15) is 17.6 Å². The Bertz CT molecular complexity index is 59.8. The molecule has 0 bridgehead atoms. The average molecular weight is 181 g/mol. The van der Waals surface area contributed by atoms with Crippen LogP contribution < -0.4 is 0 Å². The first kappa shape index (κ1) is 10.0. The van der Waals surface area contributed by atoms with Gasteiger partial charge in [0.15, 0.2) is 0 Å². The van der Waals surface area contributed by atoms with Crippen LogP contribution in [0.3, 0.4) is 0 Å². The van der Waals surface area contributed by atoms with Crippen molar-refractivity contribution >= 4 is 17.0 Å². The van der Waals surface area contributed by atoms with Crippen molar-refractivity contribution in [2.75, 3.05) is 0 Å². The first-order valence-electron chi connectivity index (χ1n) is 1.01. The van der Waals surface area contributed by atoms with Gasteiger partial charge in [0, 0.05) is 0 Å². The predicted molar refractivity (Wildman–Crippen MR) is 21.8 cm³/mol. The van der Waals surface area contributed by atoms with E-state index in [0.29, 0.717) is 0 Å². The summed E-state index contributed by atoms with van der Waals surface area (Å²) in [7, 11) is 0. The van der Waals surface area contributed by atoms with Gasteiger partial charge in [-0.25, -0.2) is 0 Å². The lowest BCUT2D eigenvalue weighted by atomic mass is 11.1. The number of hydrogen-bond donors (Lipinski definition) is 0. The molecule has 0 aliphatic carbocycles. The van der Waals surface area contributed by atoms with E-state index in [9.17, 15) is 17.6 Å². The fourth-order valence-corrected chi connectivity index (χ4v) is 0. The molecule has 0 rings (SSSR count). The highest BCUT2D eigenvalue weighted by atomic mass is 79.9. The Kier molecular flexibility index (Phi) is 5.89. The standard InChI is InChI=1S/C2F4.BrH/c3-1(4)2(5)6;/h;1H. The third kappa shape index (κ3) is 5.94.